The first kappa shape index (κ1) is 17.9. The third-order valence-electron chi connectivity index (χ3n) is 3.38. The smallest absolute Gasteiger partial charge is 0.338 e. The lowest BCUT2D eigenvalue weighted by Crippen LogP contribution is -2.05. The summed E-state index contributed by atoms with van der Waals surface area (Å²) in [7, 11) is 0. The molecule has 0 N–H and O–H groups in total. The number of carbonyl (C=O) groups is 1. The van der Waals surface area contributed by atoms with Crippen molar-refractivity contribution in [2.75, 3.05) is 0 Å². The minimum atomic E-state index is -0.401. The van der Waals surface area contributed by atoms with Gasteiger partial charge >= 0.3 is 5.97 Å². The van der Waals surface area contributed by atoms with E-state index in [-0.39, 0.29) is 16.9 Å². The molecule has 7 heteroatoms. The molecule has 2 aromatic carbocycles. The maximum atomic E-state index is 12.1. The van der Waals surface area contributed by atoms with E-state index in [1.165, 1.54) is 0 Å². The van der Waals surface area contributed by atoms with Crippen molar-refractivity contribution in [3.8, 4) is 11.3 Å². The molecule has 3 aromatic rings. The third kappa shape index (κ3) is 4.37. The second-order valence-electron chi connectivity index (χ2n) is 5.08. The second kappa shape index (κ2) is 7.95. The Bertz CT molecular complexity index is 903. The molecule has 0 radical (unpaired) electrons. The van der Waals surface area contributed by atoms with Gasteiger partial charge in [-0.2, -0.15) is 0 Å². The Balaban J connectivity index is 1.74. The molecule has 0 saturated carbocycles. The van der Waals surface area contributed by atoms with E-state index in [4.69, 9.17) is 27.9 Å². The van der Waals surface area contributed by atoms with Crippen LogP contribution in [0.1, 0.15) is 15.9 Å². The molecule has 0 atom stereocenters. The molecule has 1 aromatic heterocycles. The van der Waals surface area contributed by atoms with Gasteiger partial charge in [-0.05, 0) is 33.6 Å². The van der Waals surface area contributed by atoms with Crippen LogP contribution >= 0.6 is 39.1 Å². The monoisotopic (exact) mass is 436 g/mol. The minimum absolute atomic E-state index is 0.214. The highest BCUT2D eigenvalue weighted by Gasteiger charge is 2.13. The Morgan fingerprint density at radius 2 is 1.64 bits per heavy atom. The minimum Gasteiger partial charge on any atom is -0.457 e. The fraction of sp³-hybridized carbons (Fsp3) is 0.0556. The first-order valence-corrected chi connectivity index (χ1v) is 8.79. The molecule has 4 nitrogen and oxygen atoms in total. The molecule has 0 aliphatic carbocycles. The average Bonchev–Trinajstić information content (AvgIpc) is 2.64. The summed E-state index contributed by atoms with van der Waals surface area (Å²) in [5.41, 5.74) is 2.51. The number of halogens is 3. The lowest BCUT2D eigenvalue weighted by molar-refractivity contribution is 0.0473. The fourth-order valence-corrected chi connectivity index (χ4v) is 2.86. The maximum Gasteiger partial charge on any atom is 0.338 e. The summed E-state index contributed by atoms with van der Waals surface area (Å²) in [5, 5.41) is 0.432. The maximum absolute atomic E-state index is 12.1. The largest absolute Gasteiger partial charge is 0.457 e. The Labute approximate surface area is 162 Å². The molecule has 0 saturated heterocycles. The fourth-order valence-electron chi connectivity index (χ4n) is 2.13. The highest BCUT2D eigenvalue weighted by molar-refractivity contribution is 9.10. The summed E-state index contributed by atoms with van der Waals surface area (Å²) in [6.07, 6.45) is 0. The quantitative estimate of drug-likeness (QED) is 0.500. The number of esters is 1. The van der Waals surface area contributed by atoms with Crippen molar-refractivity contribution < 1.29 is 9.53 Å². The van der Waals surface area contributed by atoms with Crippen molar-refractivity contribution in [3.63, 3.8) is 0 Å². The predicted octanol–water partition coefficient (Wildman–Crippen LogP) is 5.57. The van der Waals surface area contributed by atoms with Gasteiger partial charge in [0.25, 0.3) is 0 Å². The van der Waals surface area contributed by atoms with Gasteiger partial charge in [0, 0.05) is 5.56 Å². The van der Waals surface area contributed by atoms with E-state index in [9.17, 15) is 4.79 Å². The lowest BCUT2D eigenvalue weighted by Gasteiger charge is -2.07. The normalized spacial score (nSPS) is 10.5. The Morgan fingerprint density at radius 3 is 2.32 bits per heavy atom. The Morgan fingerprint density at radius 1 is 0.960 bits per heavy atom. The van der Waals surface area contributed by atoms with Crippen LogP contribution in [0.15, 0.2) is 59.2 Å². The third-order valence-corrected chi connectivity index (χ3v) is 4.69. The van der Waals surface area contributed by atoms with Crippen LogP contribution in [0.25, 0.3) is 11.3 Å². The molecule has 0 fully saturated rings. The molecule has 0 aliphatic heterocycles. The van der Waals surface area contributed by atoms with Crippen LogP contribution in [0, 0.1) is 0 Å². The zero-order valence-corrected chi connectivity index (χ0v) is 15.8. The van der Waals surface area contributed by atoms with Gasteiger partial charge in [-0.1, -0.05) is 65.7 Å². The first-order valence-electron chi connectivity index (χ1n) is 7.24. The highest BCUT2D eigenvalue weighted by atomic mass is 79.9. The van der Waals surface area contributed by atoms with Gasteiger partial charge in [-0.3, -0.25) is 0 Å². The van der Waals surface area contributed by atoms with Crippen molar-refractivity contribution in [2.45, 2.75) is 6.61 Å². The van der Waals surface area contributed by atoms with Gasteiger partial charge in [0.2, 0.25) is 0 Å². The SMILES string of the molecule is O=C(OCc1ccccc1)c1ccc(-c2nc(Cl)c(Br)nc2Cl)cc1. The number of hydrogen-bond donors (Lipinski definition) is 0. The van der Waals surface area contributed by atoms with Gasteiger partial charge in [-0.15, -0.1) is 0 Å². The number of ether oxygens (including phenoxy) is 1. The molecule has 25 heavy (non-hydrogen) atoms. The summed E-state index contributed by atoms with van der Waals surface area (Å²) in [5.74, 6) is -0.401. The number of hydrogen-bond acceptors (Lipinski definition) is 4. The van der Waals surface area contributed by atoms with Crippen LogP contribution in [0.5, 0.6) is 0 Å². The summed E-state index contributed by atoms with van der Waals surface area (Å²) in [6.45, 7) is 0.223. The van der Waals surface area contributed by atoms with Gasteiger partial charge < -0.3 is 4.74 Å². The average molecular weight is 438 g/mol. The van der Waals surface area contributed by atoms with Crippen LogP contribution in [-0.2, 0) is 11.3 Å². The van der Waals surface area contributed by atoms with Crippen molar-refractivity contribution in [2.24, 2.45) is 0 Å². The van der Waals surface area contributed by atoms with Crippen LogP contribution in [-0.4, -0.2) is 15.9 Å². The topological polar surface area (TPSA) is 52.1 Å². The van der Waals surface area contributed by atoms with E-state index in [1.54, 1.807) is 24.3 Å². The molecular weight excluding hydrogens is 427 g/mol. The van der Waals surface area contributed by atoms with Crippen molar-refractivity contribution >= 4 is 45.1 Å². The Kier molecular flexibility index (Phi) is 5.68. The van der Waals surface area contributed by atoms with E-state index in [2.05, 4.69) is 25.9 Å². The molecule has 3 rings (SSSR count). The number of rotatable bonds is 4. The van der Waals surface area contributed by atoms with Gasteiger partial charge in [0.1, 0.15) is 16.9 Å². The van der Waals surface area contributed by atoms with Gasteiger partial charge in [0.15, 0.2) is 10.3 Å². The van der Waals surface area contributed by atoms with Crippen LogP contribution in [0.3, 0.4) is 0 Å². The number of nitrogens with zero attached hydrogens (tertiary/aromatic N) is 2. The molecule has 0 bridgehead atoms. The second-order valence-corrected chi connectivity index (χ2v) is 6.55. The van der Waals surface area contributed by atoms with Crippen molar-refractivity contribution in [3.05, 3.63) is 80.6 Å². The van der Waals surface area contributed by atoms with Gasteiger partial charge in [-0.25, -0.2) is 14.8 Å². The van der Waals surface area contributed by atoms with Crippen molar-refractivity contribution in [1.29, 1.82) is 0 Å². The molecule has 0 amide bonds. The molecule has 1 heterocycles. The van der Waals surface area contributed by atoms with E-state index < -0.39 is 5.97 Å². The Hall–Kier alpha value is -1.95. The molecule has 0 spiro atoms. The highest BCUT2D eigenvalue weighted by Crippen LogP contribution is 2.29. The molecule has 0 aliphatic rings. The van der Waals surface area contributed by atoms with E-state index in [1.807, 2.05) is 30.3 Å². The first-order chi connectivity index (χ1) is 12.0. The van der Waals surface area contributed by atoms with Crippen molar-refractivity contribution in [1.82, 2.24) is 9.97 Å². The number of benzene rings is 2. The molecular formula is C18H11BrCl2N2O2. The predicted molar refractivity (Wildman–Crippen MR) is 101 cm³/mol. The van der Waals surface area contributed by atoms with Crippen LogP contribution in [0.2, 0.25) is 10.3 Å². The summed E-state index contributed by atoms with van der Waals surface area (Å²) < 4.78 is 5.68. The summed E-state index contributed by atoms with van der Waals surface area (Å²) in [6, 6.07) is 16.2. The lowest BCUT2D eigenvalue weighted by atomic mass is 10.1. The molecule has 0 unspecified atom stereocenters. The summed E-state index contributed by atoms with van der Waals surface area (Å²) in [4.78, 5) is 20.4. The zero-order valence-electron chi connectivity index (χ0n) is 12.7. The molecule has 126 valence electrons. The van der Waals surface area contributed by atoms with Crippen LogP contribution < -0.4 is 0 Å². The van der Waals surface area contributed by atoms with E-state index in [0.717, 1.165) is 5.56 Å². The zero-order chi connectivity index (χ0) is 17.8. The number of aromatic nitrogens is 2. The van der Waals surface area contributed by atoms with Crippen LogP contribution in [0.4, 0.5) is 0 Å². The van der Waals surface area contributed by atoms with E-state index >= 15 is 0 Å². The van der Waals surface area contributed by atoms with Gasteiger partial charge in [0.05, 0.1) is 5.56 Å². The summed E-state index contributed by atoms with van der Waals surface area (Å²) >= 11 is 15.2. The standard InChI is InChI=1S/C18H11BrCl2N2O2/c19-15-17(21)22-14(16(20)23-15)12-6-8-13(9-7-12)18(24)25-10-11-4-2-1-3-5-11/h1-9H,10H2. The van der Waals surface area contributed by atoms with E-state index in [0.29, 0.717) is 21.4 Å². The number of carbonyl (C=O) groups excluding carboxylic acids is 1.